The monoisotopic (exact) mass is 749 g/mol. The molecule has 0 aliphatic carbocycles. The molecule has 53 heavy (non-hydrogen) atoms. The summed E-state index contributed by atoms with van der Waals surface area (Å²) >= 11 is 6.52. The molecule has 2 fully saturated rings. The zero-order chi connectivity index (χ0) is 38.0. The van der Waals surface area contributed by atoms with Crippen LogP contribution in [0.15, 0.2) is 42.7 Å². The van der Waals surface area contributed by atoms with Crippen LogP contribution in [0.25, 0.3) is 22.4 Å². The largest absolute Gasteiger partial charge is 0.352 e. The number of amides is 4. The Balaban J connectivity index is 1.10. The SMILES string of the molecule is Cc1nn(CC(=O)NC(C)C)cc1-c1ccc(-c2cnc(C(=O)Nc3ccc(C(=O)N4CCN(C(=O)C5CCNCC5)CC4)c(Cl)c3)n2C)c(F)c1F. The molecule has 0 radical (unpaired) electrons. The third kappa shape index (κ3) is 8.10. The van der Waals surface area contributed by atoms with Crippen molar-refractivity contribution in [3.05, 3.63) is 76.5 Å². The van der Waals surface area contributed by atoms with Crippen molar-refractivity contribution in [3.63, 3.8) is 0 Å². The predicted molar refractivity (Wildman–Crippen MR) is 195 cm³/mol. The number of aryl methyl sites for hydroxylation is 1. The number of imidazole rings is 1. The number of carbonyl (C=O) groups excluding carboxylic acids is 4. The first-order valence-corrected chi connectivity index (χ1v) is 17.9. The van der Waals surface area contributed by atoms with Gasteiger partial charge in [0.25, 0.3) is 11.8 Å². The van der Waals surface area contributed by atoms with Gasteiger partial charge in [-0.15, -0.1) is 0 Å². The Hall–Kier alpha value is -5.15. The minimum Gasteiger partial charge on any atom is -0.352 e. The maximum atomic E-state index is 15.6. The molecule has 2 aromatic carbocycles. The lowest BCUT2D eigenvalue weighted by molar-refractivity contribution is -0.137. The fourth-order valence-electron chi connectivity index (χ4n) is 6.78. The first-order valence-electron chi connectivity index (χ1n) is 17.6. The molecule has 280 valence electrons. The number of carbonyl (C=O) groups is 4. The van der Waals surface area contributed by atoms with Gasteiger partial charge in [0, 0.05) is 73.8 Å². The number of anilines is 1. The molecular weight excluding hydrogens is 708 g/mol. The Morgan fingerprint density at radius 2 is 1.62 bits per heavy atom. The van der Waals surface area contributed by atoms with Crippen LogP contribution in [0.1, 0.15) is 53.4 Å². The summed E-state index contributed by atoms with van der Waals surface area (Å²) in [6, 6.07) is 7.30. The van der Waals surface area contributed by atoms with E-state index in [0.717, 1.165) is 25.9 Å². The number of halogens is 3. The summed E-state index contributed by atoms with van der Waals surface area (Å²) in [5, 5.41) is 13.2. The maximum Gasteiger partial charge on any atom is 0.291 e. The van der Waals surface area contributed by atoms with Crippen LogP contribution in [-0.2, 0) is 23.2 Å². The van der Waals surface area contributed by atoms with E-state index in [4.69, 9.17) is 11.6 Å². The number of nitrogens with one attached hydrogen (secondary N) is 3. The zero-order valence-electron chi connectivity index (χ0n) is 30.0. The number of benzene rings is 2. The fourth-order valence-corrected chi connectivity index (χ4v) is 7.05. The summed E-state index contributed by atoms with van der Waals surface area (Å²) in [6.07, 6.45) is 4.41. The van der Waals surface area contributed by atoms with Crippen LogP contribution in [0.4, 0.5) is 14.5 Å². The van der Waals surface area contributed by atoms with Gasteiger partial charge in [0.1, 0.15) is 6.54 Å². The lowest BCUT2D eigenvalue weighted by atomic mass is 9.96. The third-order valence-electron chi connectivity index (χ3n) is 9.57. The Morgan fingerprint density at radius 1 is 0.962 bits per heavy atom. The Labute approximate surface area is 310 Å². The van der Waals surface area contributed by atoms with Crippen LogP contribution in [0, 0.1) is 24.5 Å². The molecule has 0 bridgehead atoms. The van der Waals surface area contributed by atoms with E-state index in [-0.39, 0.29) is 69.5 Å². The number of piperazine rings is 1. The van der Waals surface area contributed by atoms with E-state index in [1.165, 1.54) is 53.0 Å². The minimum absolute atomic E-state index is 0.0219. The van der Waals surface area contributed by atoms with Crippen molar-refractivity contribution in [1.82, 2.24) is 39.8 Å². The lowest BCUT2D eigenvalue weighted by Crippen LogP contribution is -2.52. The first-order chi connectivity index (χ1) is 25.3. The van der Waals surface area contributed by atoms with Crippen LogP contribution >= 0.6 is 11.6 Å². The van der Waals surface area contributed by atoms with Gasteiger partial charge in [-0.3, -0.25) is 23.9 Å². The van der Waals surface area contributed by atoms with Gasteiger partial charge in [0.2, 0.25) is 11.8 Å². The molecule has 2 saturated heterocycles. The van der Waals surface area contributed by atoms with Gasteiger partial charge in [-0.25, -0.2) is 13.8 Å². The third-order valence-corrected chi connectivity index (χ3v) is 9.88. The summed E-state index contributed by atoms with van der Waals surface area (Å²) in [5.74, 6) is -3.32. The Morgan fingerprint density at radius 3 is 2.30 bits per heavy atom. The molecular formula is C37H42ClF2N9O4. The molecule has 4 amide bonds. The highest BCUT2D eigenvalue weighted by atomic mass is 35.5. The van der Waals surface area contributed by atoms with Crippen molar-refractivity contribution in [2.75, 3.05) is 44.6 Å². The van der Waals surface area contributed by atoms with Gasteiger partial charge in [-0.05, 0) is 71.0 Å². The van der Waals surface area contributed by atoms with Crippen LogP contribution in [0.2, 0.25) is 5.02 Å². The highest BCUT2D eigenvalue weighted by Crippen LogP contribution is 2.33. The van der Waals surface area contributed by atoms with Crippen molar-refractivity contribution in [1.29, 1.82) is 0 Å². The number of hydrogen-bond donors (Lipinski definition) is 3. The smallest absolute Gasteiger partial charge is 0.291 e. The Bertz CT molecular complexity index is 2050. The second-order valence-electron chi connectivity index (χ2n) is 13.7. The summed E-state index contributed by atoms with van der Waals surface area (Å²) < 4.78 is 33.9. The van der Waals surface area contributed by atoms with Gasteiger partial charge in [-0.1, -0.05) is 17.7 Å². The van der Waals surface area contributed by atoms with Crippen molar-refractivity contribution in [2.24, 2.45) is 13.0 Å². The second-order valence-corrected chi connectivity index (χ2v) is 14.1. The fraction of sp³-hybridized carbons (Fsp3) is 0.405. The number of piperidine rings is 1. The quantitative estimate of drug-likeness (QED) is 0.232. The number of hydrogen-bond acceptors (Lipinski definition) is 7. The molecule has 13 nitrogen and oxygen atoms in total. The maximum absolute atomic E-state index is 15.6. The number of nitrogens with zero attached hydrogens (tertiary/aromatic N) is 6. The van der Waals surface area contributed by atoms with Crippen molar-refractivity contribution in [3.8, 4) is 22.4 Å². The molecule has 0 saturated carbocycles. The molecule has 2 aromatic heterocycles. The first kappa shape index (κ1) is 37.6. The van der Waals surface area contributed by atoms with Gasteiger partial charge >= 0.3 is 0 Å². The van der Waals surface area contributed by atoms with Gasteiger partial charge in [0.15, 0.2) is 17.5 Å². The van der Waals surface area contributed by atoms with Gasteiger partial charge in [0.05, 0.1) is 28.2 Å². The number of rotatable bonds is 9. The van der Waals surface area contributed by atoms with Crippen LogP contribution < -0.4 is 16.0 Å². The van der Waals surface area contributed by atoms with E-state index in [1.54, 1.807) is 17.9 Å². The predicted octanol–water partition coefficient (Wildman–Crippen LogP) is 4.25. The minimum atomic E-state index is -1.14. The van der Waals surface area contributed by atoms with E-state index < -0.39 is 17.5 Å². The molecule has 2 aliphatic rings. The van der Waals surface area contributed by atoms with Gasteiger partial charge < -0.3 is 30.3 Å². The van der Waals surface area contributed by atoms with E-state index in [1.807, 2.05) is 18.7 Å². The second kappa shape index (κ2) is 15.8. The van der Waals surface area contributed by atoms with E-state index in [2.05, 4.69) is 26.0 Å². The summed E-state index contributed by atoms with van der Waals surface area (Å²) in [6.45, 7) is 8.60. The topological polar surface area (TPSA) is 146 Å². The van der Waals surface area contributed by atoms with E-state index in [0.29, 0.717) is 43.1 Å². The van der Waals surface area contributed by atoms with Crippen molar-refractivity contribution < 1.29 is 28.0 Å². The molecule has 3 N–H and O–H groups in total. The van der Waals surface area contributed by atoms with Crippen LogP contribution in [0.5, 0.6) is 0 Å². The average Bonchev–Trinajstić information content (AvgIpc) is 3.69. The molecule has 0 unspecified atom stereocenters. The molecule has 2 aliphatic heterocycles. The summed E-state index contributed by atoms with van der Waals surface area (Å²) in [7, 11) is 1.51. The molecule has 4 heterocycles. The van der Waals surface area contributed by atoms with Crippen molar-refractivity contribution in [2.45, 2.75) is 46.2 Å². The molecule has 0 spiro atoms. The van der Waals surface area contributed by atoms with Crippen LogP contribution in [0.3, 0.4) is 0 Å². The molecule has 6 rings (SSSR count). The highest BCUT2D eigenvalue weighted by molar-refractivity contribution is 6.34. The van der Waals surface area contributed by atoms with E-state index >= 15 is 8.78 Å². The lowest BCUT2D eigenvalue weighted by Gasteiger charge is -2.37. The standard InChI is InChI=1S/C37H42ClF2N9O4/c1-21(2)43-31(50)20-49-19-28(22(3)45-49)25-7-8-27(33(40)32(25)39)30-18-42-34(46(30)4)35(51)44-24-5-6-26(29(38)17-24)37(53)48-15-13-47(14-16-48)36(52)23-9-11-41-12-10-23/h5-8,17-19,21,23,41H,9-16,20H2,1-4H3,(H,43,50)(H,44,51). The molecule has 0 atom stereocenters. The molecule has 16 heteroatoms. The Kier molecular flexibility index (Phi) is 11.2. The average molecular weight is 750 g/mol. The normalized spacial score (nSPS) is 15.2. The molecule has 4 aromatic rings. The van der Waals surface area contributed by atoms with Crippen LogP contribution in [-0.4, -0.2) is 98.1 Å². The highest BCUT2D eigenvalue weighted by Gasteiger charge is 2.31. The van der Waals surface area contributed by atoms with E-state index in [9.17, 15) is 19.2 Å². The van der Waals surface area contributed by atoms with Crippen molar-refractivity contribution >= 4 is 40.9 Å². The van der Waals surface area contributed by atoms with Gasteiger partial charge in [-0.2, -0.15) is 5.10 Å². The number of aromatic nitrogens is 4. The summed E-state index contributed by atoms with van der Waals surface area (Å²) in [5.41, 5.74) is 1.35. The summed E-state index contributed by atoms with van der Waals surface area (Å²) in [4.78, 5) is 59.4. The zero-order valence-corrected chi connectivity index (χ0v) is 30.8.